The van der Waals surface area contributed by atoms with Gasteiger partial charge >= 0.3 is 12.1 Å². The largest absolute Gasteiger partial charge is 0.478 e. The molecule has 1 aliphatic carbocycles. The number of hydrogen-bond donors (Lipinski definition) is 2. The van der Waals surface area contributed by atoms with Crippen molar-refractivity contribution in [2.24, 2.45) is 0 Å². The molecule has 31 heavy (non-hydrogen) atoms. The molecule has 0 fully saturated rings. The van der Waals surface area contributed by atoms with E-state index >= 15 is 0 Å². The highest BCUT2D eigenvalue weighted by molar-refractivity contribution is 5.89. The number of amides is 1. The maximum atomic E-state index is 12.8. The smallest absolute Gasteiger partial charge is 0.410 e. The summed E-state index contributed by atoms with van der Waals surface area (Å²) in [4.78, 5) is 40.2. The van der Waals surface area contributed by atoms with Gasteiger partial charge in [-0.05, 0) is 22.3 Å². The lowest BCUT2D eigenvalue weighted by atomic mass is 9.98. The third kappa shape index (κ3) is 3.28. The zero-order valence-electron chi connectivity index (χ0n) is 16.6. The van der Waals surface area contributed by atoms with Crippen molar-refractivity contribution < 1.29 is 19.4 Å². The molecule has 2 N–H and O–H groups in total. The Hall–Kier alpha value is -3.87. The van der Waals surface area contributed by atoms with Gasteiger partial charge in [-0.2, -0.15) is 0 Å². The van der Waals surface area contributed by atoms with Gasteiger partial charge in [-0.1, -0.05) is 48.5 Å². The van der Waals surface area contributed by atoms with Gasteiger partial charge in [0.25, 0.3) is 0 Å². The van der Waals surface area contributed by atoms with E-state index in [-0.39, 0.29) is 24.6 Å². The third-order valence-electron chi connectivity index (χ3n) is 6.04. The zero-order chi connectivity index (χ0) is 21.5. The van der Waals surface area contributed by atoms with E-state index in [4.69, 9.17) is 4.74 Å². The van der Waals surface area contributed by atoms with Crippen molar-refractivity contribution in [2.45, 2.75) is 18.9 Å². The number of benzene rings is 2. The number of aromatic amines is 1. The summed E-state index contributed by atoms with van der Waals surface area (Å²) >= 11 is 0. The fourth-order valence-corrected chi connectivity index (χ4v) is 4.58. The van der Waals surface area contributed by atoms with E-state index < -0.39 is 17.6 Å². The molecule has 1 amide bonds. The molecule has 0 saturated carbocycles. The van der Waals surface area contributed by atoms with E-state index in [1.165, 1.54) is 4.90 Å². The number of hydrogen-bond acceptors (Lipinski definition) is 4. The number of carbonyl (C=O) groups is 2. The zero-order valence-corrected chi connectivity index (χ0v) is 16.6. The van der Waals surface area contributed by atoms with Crippen LogP contribution >= 0.6 is 0 Å². The highest BCUT2D eigenvalue weighted by atomic mass is 16.6. The minimum atomic E-state index is -1.18. The van der Waals surface area contributed by atoms with E-state index in [0.717, 1.165) is 28.3 Å². The van der Waals surface area contributed by atoms with Gasteiger partial charge < -0.3 is 19.7 Å². The standard InChI is InChI=1S/C24H20N2O5/c27-22-11-18(23(28)29)19-12-26(10-9-21(19)25-22)24(30)31-13-20-16-7-3-1-5-14(16)15-6-2-4-8-17(15)20/h1-8,11,20H,9-10,12-13H2,(H,25,27)(H,28,29). The van der Waals surface area contributed by atoms with Gasteiger partial charge in [-0.15, -0.1) is 0 Å². The quantitative estimate of drug-likeness (QED) is 0.682. The predicted octanol–water partition coefficient (Wildman–Crippen LogP) is 3.38. The fourth-order valence-electron chi connectivity index (χ4n) is 4.58. The maximum Gasteiger partial charge on any atom is 0.410 e. The number of carboxylic acid groups (broad SMARTS) is 1. The molecule has 1 aromatic heterocycles. The molecule has 156 valence electrons. The molecule has 0 saturated heterocycles. The highest BCUT2D eigenvalue weighted by Crippen LogP contribution is 2.44. The summed E-state index contributed by atoms with van der Waals surface area (Å²) in [6, 6.07) is 17.3. The Morgan fingerprint density at radius 3 is 2.35 bits per heavy atom. The van der Waals surface area contributed by atoms with Crippen molar-refractivity contribution >= 4 is 12.1 Å². The van der Waals surface area contributed by atoms with Crippen LogP contribution in [0, 0.1) is 0 Å². The monoisotopic (exact) mass is 416 g/mol. The van der Waals surface area contributed by atoms with E-state index in [9.17, 15) is 19.5 Å². The Labute approximate surface area is 177 Å². The second kappa shape index (κ2) is 7.43. The van der Waals surface area contributed by atoms with Crippen LogP contribution in [0.1, 0.15) is 38.7 Å². The lowest BCUT2D eigenvalue weighted by Gasteiger charge is -2.29. The molecular weight excluding hydrogens is 396 g/mol. The first kappa shape index (κ1) is 19.1. The van der Waals surface area contributed by atoms with Crippen LogP contribution in [0.15, 0.2) is 59.4 Å². The summed E-state index contributed by atoms with van der Waals surface area (Å²) < 4.78 is 5.69. The normalized spacial score (nSPS) is 14.5. The molecule has 3 aromatic rings. The molecule has 2 aromatic carbocycles. The van der Waals surface area contributed by atoms with Crippen molar-refractivity contribution in [2.75, 3.05) is 13.2 Å². The van der Waals surface area contributed by atoms with Crippen LogP contribution in [0.25, 0.3) is 11.1 Å². The van der Waals surface area contributed by atoms with Gasteiger partial charge in [-0.25, -0.2) is 9.59 Å². The third-order valence-corrected chi connectivity index (χ3v) is 6.04. The minimum absolute atomic E-state index is 0.0423. The van der Waals surface area contributed by atoms with Crippen molar-refractivity contribution in [3.63, 3.8) is 0 Å². The number of nitrogens with zero attached hydrogens (tertiary/aromatic N) is 1. The highest BCUT2D eigenvalue weighted by Gasteiger charge is 2.31. The van der Waals surface area contributed by atoms with Crippen LogP contribution in [0.2, 0.25) is 0 Å². The predicted molar refractivity (Wildman–Crippen MR) is 113 cm³/mol. The van der Waals surface area contributed by atoms with Crippen molar-refractivity contribution in [3.05, 3.63) is 92.9 Å². The summed E-state index contributed by atoms with van der Waals surface area (Å²) in [5.41, 5.74) is 5.06. The van der Waals surface area contributed by atoms with Crippen LogP contribution in [-0.4, -0.2) is 40.2 Å². The Bertz CT molecular complexity index is 1220. The topological polar surface area (TPSA) is 99.7 Å². The average molecular weight is 416 g/mol. The lowest BCUT2D eigenvalue weighted by molar-refractivity contribution is 0.0688. The number of carboxylic acids is 1. The van der Waals surface area contributed by atoms with E-state index in [1.807, 2.05) is 24.3 Å². The number of aromatic carboxylic acids is 1. The number of rotatable bonds is 3. The van der Waals surface area contributed by atoms with Gasteiger partial charge in [-0.3, -0.25) is 4.79 Å². The van der Waals surface area contributed by atoms with Crippen LogP contribution < -0.4 is 5.56 Å². The second-order valence-electron chi connectivity index (χ2n) is 7.79. The van der Waals surface area contributed by atoms with Crippen molar-refractivity contribution in [3.8, 4) is 11.1 Å². The molecule has 0 atom stereocenters. The number of pyridine rings is 1. The van der Waals surface area contributed by atoms with Crippen LogP contribution in [0.4, 0.5) is 4.79 Å². The van der Waals surface area contributed by atoms with Gasteiger partial charge in [0.1, 0.15) is 6.61 Å². The van der Waals surface area contributed by atoms with Gasteiger partial charge in [0, 0.05) is 36.2 Å². The molecular formula is C24H20N2O5. The summed E-state index contributed by atoms with van der Waals surface area (Å²) in [5.74, 6) is -1.23. The molecule has 0 unspecified atom stereocenters. The number of nitrogens with one attached hydrogen (secondary N) is 1. The molecule has 0 radical (unpaired) electrons. The minimum Gasteiger partial charge on any atom is -0.478 e. The van der Waals surface area contributed by atoms with E-state index in [2.05, 4.69) is 29.2 Å². The molecule has 0 bridgehead atoms. The average Bonchev–Trinajstić information content (AvgIpc) is 3.10. The number of ether oxygens (including phenoxy) is 1. The Balaban J connectivity index is 1.35. The molecule has 2 aliphatic rings. The summed E-state index contributed by atoms with van der Waals surface area (Å²) in [6.45, 7) is 0.640. The molecule has 1 aliphatic heterocycles. The van der Waals surface area contributed by atoms with Crippen LogP contribution in [-0.2, 0) is 17.7 Å². The fraction of sp³-hybridized carbons (Fsp3) is 0.208. The molecule has 0 spiro atoms. The molecule has 2 heterocycles. The van der Waals surface area contributed by atoms with E-state index in [1.54, 1.807) is 0 Å². The van der Waals surface area contributed by atoms with Gasteiger partial charge in [0.15, 0.2) is 0 Å². The van der Waals surface area contributed by atoms with Crippen molar-refractivity contribution in [1.29, 1.82) is 0 Å². The molecule has 5 rings (SSSR count). The molecule has 7 nitrogen and oxygen atoms in total. The first-order valence-electron chi connectivity index (χ1n) is 10.1. The first-order valence-corrected chi connectivity index (χ1v) is 10.1. The SMILES string of the molecule is O=C(O)c1cc(=O)[nH]c2c1CN(C(=O)OCC1c3ccccc3-c3ccccc31)CC2. The second-order valence-corrected chi connectivity index (χ2v) is 7.79. The van der Waals surface area contributed by atoms with Crippen LogP contribution in [0.3, 0.4) is 0 Å². The number of carbonyl (C=O) groups excluding carboxylic acids is 1. The Kier molecular flexibility index (Phi) is 4.58. The van der Waals surface area contributed by atoms with Crippen LogP contribution in [0.5, 0.6) is 0 Å². The summed E-state index contributed by atoms with van der Waals surface area (Å²) in [7, 11) is 0. The Morgan fingerprint density at radius 1 is 1.06 bits per heavy atom. The summed E-state index contributed by atoms with van der Waals surface area (Å²) in [5, 5.41) is 9.44. The van der Waals surface area contributed by atoms with Gasteiger partial charge in [0.2, 0.25) is 5.56 Å². The lowest BCUT2D eigenvalue weighted by Crippen LogP contribution is -2.39. The van der Waals surface area contributed by atoms with E-state index in [0.29, 0.717) is 24.2 Å². The summed E-state index contributed by atoms with van der Waals surface area (Å²) in [6.07, 6.45) is -0.120. The Morgan fingerprint density at radius 2 is 1.71 bits per heavy atom. The van der Waals surface area contributed by atoms with Crippen molar-refractivity contribution in [1.82, 2.24) is 9.88 Å². The first-order chi connectivity index (χ1) is 15.0. The number of aromatic nitrogens is 1. The number of fused-ring (bicyclic) bond motifs is 4. The van der Waals surface area contributed by atoms with Gasteiger partial charge in [0.05, 0.1) is 12.1 Å². The number of H-pyrrole nitrogens is 1. The maximum absolute atomic E-state index is 12.8. The molecule has 7 heteroatoms.